The van der Waals surface area contributed by atoms with Crippen molar-refractivity contribution in [2.75, 3.05) is 32.1 Å². The van der Waals surface area contributed by atoms with E-state index in [-0.39, 0.29) is 12.1 Å². The molecule has 4 aromatic heterocycles. The van der Waals surface area contributed by atoms with E-state index in [1.54, 1.807) is 16.9 Å². The predicted molar refractivity (Wildman–Crippen MR) is 147 cm³/mol. The Labute approximate surface area is 227 Å². The summed E-state index contributed by atoms with van der Waals surface area (Å²) in [4.78, 5) is 25.8. The van der Waals surface area contributed by atoms with Crippen LogP contribution in [0, 0.1) is 0 Å². The lowest BCUT2D eigenvalue weighted by Gasteiger charge is -2.35. The number of carbonyl (C=O) groups excluding carboxylic acids is 1. The number of pyridine rings is 1. The van der Waals surface area contributed by atoms with Crippen LogP contribution in [-0.4, -0.2) is 81.5 Å². The molecule has 2 aliphatic rings. The summed E-state index contributed by atoms with van der Waals surface area (Å²) in [6.07, 6.45) is 5.62. The fourth-order valence-corrected chi connectivity index (χ4v) is 5.19. The van der Waals surface area contributed by atoms with E-state index in [1.807, 2.05) is 45.0 Å². The zero-order valence-corrected chi connectivity index (χ0v) is 23.0. The molecule has 2 fully saturated rings. The summed E-state index contributed by atoms with van der Waals surface area (Å²) < 4.78 is 19.4. The zero-order chi connectivity index (χ0) is 27.3. The van der Waals surface area contributed by atoms with Crippen molar-refractivity contribution < 1.29 is 18.7 Å². The van der Waals surface area contributed by atoms with Gasteiger partial charge >= 0.3 is 6.09 Å². The molecular weight excluding hydrogens is 498 g/mol. The van der Waals surface area contributed by atoms with E-state index < -0.39 is 11.7 Å². The summed E-state index contributed by atoms with van der Waals surface area (Å²) >= 11 is 0. The Morgan fingerprint density at radius 3 is 2.74 bits per heavy atom. The molecule has 0 aromatic carbocycles. The third-order valence-corrected chi connectivity index (χ3v) is 7.31. The van der Waals surface area contributed by atoms with Crippen molar-refractivity contribution in [1.29, 1.82) is 0 Å². The Morgan fingerprint density at radius 2 is 2.00 bits per heavy atom. The summed E-state index contributed by atoms with van der Waals surface area (Å²) in [5.41, 5.74) is 1.70. The monoisotopic (exact) mass is 533 g/mol. The molecule has 1 saturated carbocycles. The Kier molecular flexibility index (Phi) is 6.33. The fraction of sp³-hybridized carbons (Fsp3) is 0.500. The number of carbonyl (C=O) groups is 1. The van der Waals surface area contributed by atoms with Gasteiger partial charge in [0, 0.05) is 50.3 Å². The maximum Gasteiger partial charge on any atom is 0.407 e. The number of fused-ring (bicyclic) bond motifs is 2. The largest absolute Gasteiger partial charge is 0.473 e. The molecule has 1 N–H and O–H groups in total. The summed E-state index contributed by atoms with van der Waals surface area (Å²) in [6.45, 7) is 7.44. The van der Waals surface area contributed by atoms with Gasteiger partial charge in [-0.25, -0.2) is 19.3 Å². The van der Waals surface area contributed by atoms with E-state index in [2.05, 4.69) is 34.2 Å². The lowest BCUT2D eigenvalue weighted by Crippen LogP contribution is -2.50. The van der Waals surface area contributed by atoms with Crippen LogP contribution in [0.2, 0.25) is 0 Å². The van der Waals surface area contributed by atoms with Crippen LogP contribution in [0.3, 0.4) is 0 Å². The van der Waals surface area contributed by atoms with Gasteiger partial charge in [0.05, 0.1) is 11.6 Å². The van der Waals surface area contributed by atoms with Crippen molar-refractivity contribution >= 4 is 28.5 Å². The van der Waals surface area contributed by atoms with E-state index >= 15 is 0 Å². The number of nitrogens with one attached hydrogen (secondary N) is 1. The minimum Gasteiger partial charge on any atom is -0.473 e. The van der Waals surface area contributed by atoms with Crippen molar-refractivity contribution in [2.24, 2.45) is 0 Å². The van der Waals surface area contributed by atoms with E-state index in [0.29, 0.717) is 36.2 Å². The lowest BCUT2D eigenvalue weighted by atomic mass is 9.89. The van der Waals surface area contributed by atoms with Gasteiger partial charge in [-0.2, -0.15) is 0 Å². The minimum atomic E-state index is -0.521. The second kappa shape index (κ2) is 9.71. The van der Waals surface area contributed by atoms with Crippen molar-refractivity contribution in [3.63, 3.8) is 0 Å². The molecular formula is C28H35N7O4. The van der Waals surface area contributed by atoms with Gasteiger partial charge in [0.15, 0.2) is 11.4 Å². The summed E-state index contributed by atoms with van der Waals surface area (Å²) in [5, 5.41) is 8.56. The molecule has 0 spiro atoms. The maximum atomic E-state index is 12.0. The number of ether oxygens (including phenoxy) is 2. The van der Waals surface area contributed by atoms with Gasteiger partial charge in [-0.05, 0) is 59.5 Å². The smallest absolute Gasteiger partial charge is 0.407 e. The van der Waals surface area contributed by atoms with Crippen LogP contribution in [0.4, 0.5) is 10.6 Å². The van der Waals surface area contributed by atoms with Crippen molar-refractivity contribution in [2.45, 2.75) is 63.8 Å². The molecule has 1 aliphatic heterocycles. The first-order valence-corrected chi connectivity index (χ1v) is 13.4. The van der Waals surface area contributed by atoms with E-state index in [1.165, 1.54) is 0 Å². The lowest BCUT2D eigenvalue weighted by molar-refractivity contribution is 0.0352. The summed E-state index contributed by atoms with van der Waals surface area (Å²) in [5.74, 6) is 2.11. The highest BCUT2D eigenvalue weighted by molar-refractivity contribution is 5.92. The van der Waals surface area contributed by atoms with Crippen LogP contribution < -0.4 is 15.0 Å². The number of hydrogen-bond donors (Lipinski definition) is 1. The molecule has 0 bridgehead atoms. The molecule has 11 heteroatoms. The Hall–Kier alpha value is -3.86. The van der Waals surface area contributed by atoms with Gasteiger partial charge in [-0.3, -0.25) is 0 Å². The number of anilines is 1. The quantitative estimate of drug-likeness (QED) is 0.391. The van der Waals surface area contributed by atoms with Crippen LogP contribution in [-0.2, 0) is 4.74 Å². The Bertz CT molecular complexity index is 1500. The first-order chi connectivity index (χ1) is 18.6. The second-order valence-corrected chi connectivity index (χ2v) is 11.6. The van der Waals surface area contributed by atoms with Crippen LogP contribution in [0.1, 0.15) is 40.0 Å². The molecule has 1 saturated heterocycles. The zero-order valence-electron chi connectivity index (χ0n) is 23.0. The number of hydrogen-bond acceptors (Lipinski definition) is 9. The Balaban J connectivity index is 1.17. The number of imidazole rings is 1. The topological polar surface area (TPSA) is 110 Å². The Morgan fingerprint density at radius 1 is 1.18 bits per heavy atom. The number of amides is 1. The number of aromatic nitrogens is 4. The first kappa shape index (κ1) is 25.4. The highest BCUT2D eigenvalue weighted by atomic mass is 16.6. The number of rotatable bonds is 6. The summed E-state index contributed by atoms with van der Waals surface area (Å²) in [7, 11) is 4.25. The maximum absolute atomic E-state index is 12.0. The highest BCUT2D eigenvalue weighted by Crippen LogP contribution is 2.35. The molecule has 39 heavy (non-hydrogen) atoms. The van der Waals surface area contributed by atoms with E-state index in [9.17, 15) is 4.79 Å². The number of likely N-dealkylation sites (N-methyl/N-ethyl adjacent to an activating group) is 1. The van der Waals surface area contributed by atoms with Crippen molar-refractivity contribution in [3.05, 3.63) is 36.7 Å². The van der Waals surface area contributed by atoms with E-state index in [0.717, 1.165) is 42.0 Å². The van der Waals surface area contributed by atoms with Gasteiger partial charge in [-0.15, -0.1) is 5.10 Å². The average molecular weight is 534 g/mol. The number of nitrogens with zero attached hydrogens (tertiary/aromatic N) is 6. The minimum absolute atomic E-state index is 0.0272. The fourth-order valence-electron chi connectivity index (χ4n) is 5.19. The molecule has 5 heterocycles. The SMILES string of the molecule is CN(C)[C@@H]1CCN(c2nccc3oc(-c4cnc5ccc(OC6CC(NC(=O)OC(C)(C)C)C6)nn45)cc23)C1. The average Bonchev–Trinajstić information content (AvgIpc) is 3.58. The van der Waals surface area contributed by atoms with Gasteiger partial charge < -0.3 is 29.0 Å². The molecule has 1 aliphatic carbocycles. The van der Waals surface area contributed by atoms with Crippen LogP contribution in [0.15, 0.2) is 41.1 Å². The summed E-state index contributed by atoms with van der Waals surface area (Å²) in [6, 6.07) is 8.15. The third kappa shape index (κ3) is 5.23. The molecule has 11 nitrogen and oxygen atoms in total. The molecule has 4 aromatic rings. The normalized spacial score (nSPS) is 21.5. The predicted octanol–water partition coefficient (Wildman–Crippen LogP) is 4.11. The second-order valence-electron chi connectivity index (χ2n) is 11.6. The van der Waals surface area contributed by atoms with Crippen molar-refractivity contribution in [1.82, 2.24) is 29.8 Å². The van der Waals surface area contributed by atoms with Crippen LogP contribution >= 0.6 is 0 Å². The van der Waals surface area contributed by atoms with Gasteiger partial charge in [0.1, 0.15) is 28.8 Å². The highest BCUT2D eigenvalue weighted by Gasteiger charge is 2.34. The molecule has 0 radical (unpaired) electrons. The van der Waals surface area contributed by atoms with E-state index in [4.69, 9.17) is 24.0 Å². The van der Waals surface area contributed by atoms with Gasteiger partial charge in [0.2, 0.25) is 5.88 Å². The standard InChI is InChI=1S/C28H35N7O4/c1-28(2,3)39-27(36)31-17-12-19(13-17)37-25-7-6-24-30-15-21(35(24)32-25)23-14-20-22(38-23)8-10-29-26(20)34-11-9-18(16-34)33(4)5/h6-8,10,14-15,17-19H,9,11-13,16H2,1-5H3,(H,31,36)/t17?,18-,19?/m1/s1. The van der Waals surface area contributed by atoms with Crippen molar-refractivity contribution in [3.8, 4) is 17.3 Å². The molecule has 1 amide bonds. The molecule has 1 atom stereocenters. The third-order valence-electron chi connectivity index (χ3n) is 7.31. The number of furan rings is 1. The van der Waals surface area contributed by atoms with Gasteiger partial charge in [0.25, 0.3) is 0 Å². The molecule has 6 rings (SSSR count). The van der Waals surface area contributed by atoms with Gasteiger partial charge in [-0.1, -0.05) is 0 Å². The number of alkyl carbamates (subject to hydrolysis) is 1. The van der Waals surface area contributed by atoms with Crippen LogP contribution in [0.25, 0.3) is 28.1 Å². The first-order valence-electron chi connectivity index (χ1n) is 13.4. The molecule has 206 valence electrons. The van der Waals surface area contributed by atoms with Crippen LogP contribution in [0.5, 0.6) is 5.88 Å². The molecule has 0 unspecified atom stereocenters.